The van der Waals surface area contributed by atoms with Gasteiger partial charge < -0.3 is 14.6 Å². The maximum absolute atomic E-state index is 12.9. The monoisotopic (exact) mass is 494 g/mol. The van der Waals surface area contributed by atoms with Gasteiger partial charge >= 0.3 is 0 Å². The van der Waals surface area contributed by atoms with Crippen LogP contribution in [0.5, 0.6) is 0 Å². The van der Waals surface area contributed by atoms with E-state index < -0.39 is 0 Å². The molecule has 1 aromatic heterocycles. The van der Waals surface area contributed by atoms with Gasteiger partial charge in [-0.05, 0) is 37.0 Å². The first-order valence-corrected chi connectivity index (χ1v) is 13.1. The average Bonchev–Trinajstić information content (AvgIpc) is 3.46. The van der Waals surface area contributed by atoms with E-state index in [0.717, 1.165) is 31.2 Å². The van der Waals surface area contributed by atoms with Crippen LogP contribution in [0.1, 0.15) is 80.8 Å². The van der Waals surface area contributed by atoms with Crippen molar-refractivity contribution in [3.05, 3.63) is 60.1 Å². The van der Waals surface area contributed by atoms with E-state index in [1.165, 1.54) is 31.9 Å². The minimum atomic E-state index is -0.359. The fourth-order valence-corrected chi connectivity index (χ4v) is 4.34. The van der Waals surface area contributed by atoms with E-state index in [1.807, 2.05) is 35.2 Å². The number of piperidine rings is 1. The summed E-state index contributed by atoms with van der Waals surface area (Å²) in [6.45, 7) is 3.44. The largest absolute Gasteiger partial charge is 0.459 e. The number of amides is 3. The van der Waals surface area contributed by atoms with Gasteiger partial charge in [-0.15, -0.1) is 0 Å². The first-order valence-electron chi connectivity index (χ1n) is 13.1. The SMILES string of the molecule is CCCCCCCCC(=O)N1CCCC(C(=O)NN=C(CNC(=O)c2ccco2)c2ccccc2)C1. The maximum Gasteiger partial charge on any atom is 0.287 e. The van der Waals surface area contributed by atoms with E-state index in [2.05, 4.69) is 22.8 Å². The molecule has 1 atom stereocenters. The van der Waals surface area contributed by atoms with Gasteiger partial charge in [-0.25, -0.2) is 5.43 Å². The molecule has 1 aliphatic rings. The van der Waals surface area contributed by atoms with Crippen LogP contribution in [-0.2, 0) is 9.59 Å². The lowest BCUT2D eigenvalue weighted by atomic mass is 9.97. The number of benzene rings is 1. The molecule has 194 valence electrons. The second kappa shape index (κ2) is 14.9. The molecule has 0 spiro atoms. The van der Waals surface area contributed by atoms with Gasteiger partial charge in [0.15, 0.2) is 5.76 Å². The molecule has 3 amide bonds. The summed E-state index contributed by atoms with van der Waals surface area (Å²) < 4.78 is 5.13. The van der Waals surface area contributed by atoms with Crippen LogP contribution >= 0.6 is 0 Å². The Hall–Kier alpha value is -3.42. The van der Waals surface area contributed by atoms with Gasteiger partial charge in [-0.3, -0.25) is 14.4 Å². The first kappa shape index (κ1) is 27.2. The molecule has 3 rings (SSSR count). The number of hydrogen-bond acceptors (Lipinski definition) is 5. The lowest BCUT2D eigenvalue weighted by molar-refractivity contribution is -0.135. The fourth-order valence-electron chi connectivity index (χ4n) is 4.34. The number of unbranched alkanes of at least 4 members (excludes halogenated alkanes) is 5. The highest BCUT2D eigenvalue weighted by atomic mass is 16.3. The number of rotatable bonds is 13. The van der Waals surface area contributed by atoms with Crippen molar-refractivity contribution in [2.24, 2.45) is 11.0 Å². The zero-order valence-electron chi connectivity index (χ0n) is 21.2. The number of likely N-dealkylation sites (tertiary alicyclic amines) is 1. The maximum atomic E-state index is 12.9. The second-order valence-electron chi connectivity index (χ2n) is 9.26. The van der Waals surface area contributed by atoms with Gasteiger partial charge in [0.2, 0.25) is 11.8 Å². The second-order valence-corrected chi connectivity index (χ2v) is 9.26. The molecule has 1 aromatic carbocycles. The molecular weight excluding hydrogens is 456 g/mol. The Morgan fingerprint density at radius 1 is 1.03 bits per heavy atom. The molecule has 8 nitrogen and oxygen atoms in total. The van der Waals surface area contributed by atoms with Crippen molar-refractivity contribution in [1.29, 1.82) is 0 Å². The summed E-state index contributed by atoms with van der Waals surface area (Å²) in [5.74, 6) is -0.526. The molecular formula is C28H38N4O4. The summed E-state index contributed by atoms with van der Waals surface area (Å²) in [6.07, 6.45) is 10.4. The minimum Gasteiger partial charge on any atom is -0.459 e. The summed E-state index contributed by atoms with van der Waals surface area (Å²) in [5.41, 5.74) is 3.99. The van der Waals surface area contributed by atoms with Crippen LogP contribution in [0.2, 0.25) is 0 Å². The highest BCUT2D eigenvalue weighted by Gasteiger charge is 2.28. The Kier molecular flexibility index (Phi) is 11.2. The highest BCUT2D eigenvalue weighted by Crippen LogP contribution is 2.18. The highest BCUT2D eigenvalue weighted by molar-refractivity contribution is 6.05. The third-order valence-electron chi connectivity index (χ3n) is 6.46. The number of hydrazone groups is 1. The summed E-state index contributed by atoms with van der Waals surface area (Å²) in [4.78, 5) is 39.7. The van der Waals surface area contributed by atoms with E-state index in [1.54, 1.807) is 12.1 Å². The van der Waals surface area contributed by atoms with Gasteiger partial charge in [0.25, 0.3) is 5.91 Å². The molecule has 1 saturated heterocycles. The summed E-state index contributed by atoms with van der Waals surface area (Å²) >= 11 is 0. The van der Waals surface area contributed by atoms with Crippen LogP contribution < -0.4 is 10.7 Å². The van der Waals surface area contributed by atoms with Crippen molar-refractivity contribution < 1.29 is 18.8 Å². The van der Waals surface area contributed by atoms with Crippen molar-refractivity contribution in [3.8, 4) is 0 Å². The van der Waals surface area contributed by atoms with Crippen molar-refractivity contribution >= 4 is 23.4 Å². The van der Waals surface area contributed by atoms with E-state index >= 15 is 0 Å². The smallest absolute Gasteiger partial charge is 0.287 e. The van der Waals surface area contributed by atoms with Gasteiger partial charge in [0.1, 0.15) is 0 Å². The fraction of sp³-hybridized carbons (Fsp3) is 0.500. The molecule has 2 heterocycles. The van der Waals surface area contributed by atoms with Crippen molar-refractivity contribution in [1.82, 2.24) is 15.6 Å². The van der Waals surface area contributed by atoms with E-state index in [0.29, 0.717) is 25.2 Å². The van der Waals surface area contributed by atoms with Crippen LogP contribution in [0.25, 0.3) is 0 Å². The predicted octanol–water partition coefficient (Wildman–Crippen LogP) is 4.52. The minimum absolute atomic E-state index is 0.122. The third kappa shape index (κ3) is 8.66. The van der Waals surface area contributed by atoms with Gasteiger partial charge in [-0.1, -0.05) is 69.4 Å². The molecule has 0 aliphatic carbocycles. The lowest BCUT2D eigenvalue weighted by Gasteiger charge is -2.31. The van der Waals surface area contributed by atoms with Crippen LogP contribution in [0, 0.1) is 5.92 Å². The molecule has 1 fully saturated rings. The van der Waals surface area contributed by atoms with Gasteiger partial charge in [0, 0.05) is 19.5 Å². The summed E-state index contributed by atoms with van der Waals surface area (Å²) in [5, 5.41) is 7.12. The Morgan fingerprint density at radius 2 is 1.81 bits per heavy atom. The zero-order valence-corrected chi connectivity index (χ0v) is 21.2. The van der Waals surface area contributed by atoms with E-state index in [4.69, 9.17) is 4.42 Å². The predicted molar refractivity (Wildman–Crippen MR) is 139 cm³/mol. The molecule has 0 saturated carbocycles. The third-order valence-corrected chi connectivity index (χ3v) is 6.46. The van der Waals surface area contributed by atoms with Crippen molar-refractivity contribution in [3.63, 3.8) is 0 Å². The molecule has 2 N–H and O–H groups in total. The normalized spacial score (nSPS) is 16.0. The van der Waals surface area contributed by atoms with Gasteiger partial charge in [-0.2, -0.15) is 5.10 Å². The van der Waals surface area contributed by atoms with Crippen molar-refractivity contribution in [2.75, 3.05) is 19.6 Å². The average molecular weight is 495 g/mol. The number of nitrogens with zero attached hydrogens (tertiary/aromatic N) is 2. The zero-order chi connectivity index (χ0) is 25.6. The quantitative estimate of drug-likeness (QED) is 0.243. The molecule has 1 aliphatic heterocycles. The Labute approximate surface area is 213 Å². The first-order chi connectivity index (χ1) is 17.6. The molecule has 36 heavy (non-hydrogen) atoms. The number of hydrogen-bond donors (Lipinski definition) is 2. The lowest BCUT2D eigenvalue weighted by Crippen LogP contribution is -2.45. The van der Waals surface area contributed by atoms with Gasteiger partial charge in [0.05, 0.1) is 24.4 Å². The Morgan fingerprint density at radius 3 is 2.56 bits per heavy atom. The number of carbonyl (C=O) groups is 3. The van der Waals surface area contributed by atoms with E-state index in [9.17, 15) is 14.4 Å². The Bertz CT molecular complexity index is 988. The molecule has 1 unspecified atom stereocenters. The van der Waals surface area contributed by atoms with Crippen LogP contribution in [-0.4, -0.2) is 48.0 Å². The number of carbonyl (C=O) groups excluding carboxylic acids is 3. The standard InChI is InChI=1S/C28H38N4O4/c1-2-3-4-5-6-10-17-26(33)32-18-11-15-23(21-32)27(34)31-30-24(22-13-8-7-9-14-22)20-29-28(35)25-16-12-19-36-25/h7-9,12-14,16,19,23H,2-6,10-11,15,17-18,20-21H2,1H3,(H,29,35)(H,31,34). The molecule has 0 radical (unpaired) electrons. The van der Waals surface area contributed by atoms with Crippen LogP contribution in [0.15, 0.2) is 58.2 Å². The summed E-state index contributed by atoms with van der Waals surface area (Å²) in [7, 11) is 0. The molecule has 0 bridgehead atoms. The topological polar surface area (TPSA) is 104 Å². The summed E-state index contributed by atoms with van der Waals surface area (Å²) in [6, 6.07) is 12.6. The Balaban J connectivity index is 1.53. The number of furan rings is 1. The number of nitrogens with one attached hydrogen (secondary N) is 2. The van der Waals surface area contributed by atoms with Crippen LogP contribution in [0.3, 0.4) is 0 Å². The van der Waals surface area contributed by atoms with E-state index in [-0.39, 0.29) is 35.9 Å². The molecule has 8 heteroatoms. The van der Waals surface area contributed by atoms with Crippen LogP contribution in [0.4, 0.5) is 0 Å². The molecule has 2 aromatic rings. The van der Waals surface area contributed by atoms with Crippen molar-refractivity contribution in [2.45, 2.75) is 64.7 Å².